The van der Waals surface area contributed by atoms with E-state index in [0.29, 0.717) is 66.6 Å². The second kappa shape index (κ2) is 13.3. The third-order valence-electron chi connectivity index (χ3n) is 12.7. The lowest BCUT2D eigenvalue weighted by atomic mass is 9.95. The van der Waals surface area contributed by atoms with Gasteiger partial charge in [0.2, 0.25) is 11.8 Å². The van der Waals surface area contributed by atoms with Crippen molar-refractivity contribution in [1.82, 2.24) is 39.6 Å². The molecule has 1 saturated carbocycles. The van der Waals surface area contributed by atoms with Crippen LogP contribution in [0.25, 0.3) is 33.8 Å². The van der Waals surface area contributed by atoms with Gasteiger partial charge >= 0.3 is 11.9 Å². The molecule has 1 atom stereocenters. The first kappa shape index (κ1) is 36.4. The number of aromatic amines is 1. The quantitative estimate of drug-likeness (QED) is 0.209. The zero-order valence-corrected chi connectivity index (χ0v) is 31.7. The van der Waals surface area contributed by atoms with Gasteiger partial charge in [-0.2, -0.15) is 13.2 Å². The van der Waals surface area contributed by atoms with Crippen LogP contribution >= 0.6 is 0 Å². The zero-order valence-electron chi connectivity index (χ0n) is 31.7. The summed E-state index contributed by atoms with van der Waals surface area (Å²) in [5.74, 6) is -0.402. The SMILES string of the molecule is Cn1c(=O)n(C2CCC(=O)NC2=O)c2ccc(N3CC(CN4CCN(c5ccc(-c6nccc(-c7cc8c([nH]7)C7(CC7)CNC8=O)n6)cc5C(F)(F)F)CC4)C3)cc21. The molecule has 0 bridgehead atoms. The maximum absolute atomic E-state index is 14.6. The van der Waals surface area contributed by atoms with Crippen LogP contribution < -0.4 is 26.1 Å². The number of carbonyl (C=O) groups is 3. The van der Waals surface area contributed by atoms with Gasteiger partial charge in [0.25, 0.3) is 5.91 Å². The number of nitrogens with one attached hydrogen (secondary N) is 3. The molecule has 300 valence electrons. The van der Waals surface area contributed by atoms with Crippen molar-refractivity contribution in [2.24, 2.45) is 13.0 Å². The minimum Gasteiger partial charge on any atom is -0.371 e. The summed E-state index contributed by atoms with van der Waals surface area (Å²) in [7, 11) is 1.68. The molecule has 17 heteroatoms. The predicted octanol–water partition coefficient (Wildman–Crippen LogP) is 3.82. The Morgan fingerprint density at radius 2 is 1.71 bits per heavy atom. The highest BCUT2D eigenvalue weighted by Gasteiger charge is 2.50. The molecule has 14 nitrogen and oxygen atoms in total. The fourth-order valence-corrected chi connectivity index (χ4v) is 9.24. The number of piperazine rings is 1. The Hall–Kier alpha value is -5.97. The average Bonchev–Trinajstić information content (AvgIpc) is 3.75. The minimum atomic E-state index is -4.59. The van der Waals surface area contributed by atoms with E-state index in [2.05, 4.69) is 35.4 Å². The van der Waals surface area contributed by atoms with E-state index in [-0.39, 0.29) is 52.8 Å². The smallest absolute Gasteiger partial charge is 0.371 e. The normalized spacial score (nSPS) is 21.0. The van der Waals surface area contributed by atoms with Crippen molar-refractivity contribution >= 4 is 40.1 Å². The summed E-state index contributed by atoms with van der Waals surface area (Å²) in [6.45, 7) is 5.18. The van der Waals surface area contributed by atoms with E-state index in [4.69, 9.17) is 0 Å². The molecule has 1 unspecified atom stereocenters. The predicted molar refractivity (Wildman–Crippen MR) is 208 cm³/mol. The topological polar surface area (TPSA) is 153 Å². The highest BCUT2D eigenvalue weighted by Crippen LogP contribution is 2.50. The van der Waals surface area contributed by atoms with Gasteiger partial charge in [0.1, 0.15) is 6.04 Å². The maximum Gasteiger partial charge on any atom is 0.418 e. The molecule has 4 aliphatic heterocycles. The van der Waals surface area contributed by atoms with E-state index in [1.54, 1.807) is 30.1 Å². The molecule has 0 radical (unpaired) electrons. The van der Waals surface area contributed by atoms with Crippen molar-refractivity contribution < 1.29 is 27.6 Å². The van der Waals surface area contributed by atoms with E-state index in [1.807, 2.05) is 18.2 Å². The van der Waals surface area contributed by atoms with E-state index in [0.717, 1.165) is 49.9 Å². The van der Waals surface area contributed by atoms with Gasteiger partial charge in [-0.15, -0.1) is 0 Å². The van der Waals surface area contributed by atoms with E-state index in [9.17, 15) is 32.3 Å². The van der Waals surface area contributed by atoms with Crippen LogP contribution in [0.5, 0.6) is 0 Å². The van der Waals surface area contributed by atoms with Crippen LogP contribution in [0.3, 0.4) is 0 Å². The molecule has 3 saturated heterocycles. The Labute approximate surface area is 330 Å². The molecule has 5 aliphatic rings. The Kier molecular flexibility index (Phi) is 8.34. The number of H-pyrrole nitrogens is 1. The zero-order chi connectivity index (χ0) is 40.1. The standard InChI is InChI=1S/C41H41F3N10O4/c1-50-33-17-25(3-5-31(33)54(39(50)58)32-6-7-34(55)49-38(32)57)53-20-23(21-53)19-51-12-14-52(15-13-51)30-4-2-24(16-27(30)41(42,43)44)36-45-11-8-28(48-36)29-18-26-35(47-29)40(9-10-40)22-46-37(26)56/h2-5,8,11,16-18,23,32,47H,6-7,9-10,12-15,19-22H2,1H3,(H,46,56)(H,49,55,57). The minimum absolute atomic E-state index is 0.0717. The lowest BCUT2D eigenvalue weighted by molar-refractivity contribution is -0.137. The maximum atomic E-state index is 14.6. The average molecular weight is 795 g/mol. The molecule has 1 spiro atoms. The molecule has 3 aromatic heterocycles. The number of hydrogen-bond acceptors (Lipinski definition) is 9. The van der Waals surface area contributed by atoms with Crippen LogP contribution in [-0.4, -0.2) is 99.1 Å². The van der Waals surface area contributed by atoms with Gasteiger partial charge in [-0.25, -0.2) is 14.8 Å². The lowest BCUT2D eigenvalue weighted by Gasteiger charge is -2.45. The van der Waals surface area contributed by atoms with Gasteiger partial charge in [0.05, 0.1) is 33.5 Å². The van der Waals surface area contributed by atoms with E-state index in [1.165, 1.54) is 21.4 Å². The molecular formula is C41H41F3N10O4. The number of halogens is 3. The molecule has 3 N–H and O–H groups in total. The van der Waals surface area contributed by atoms with Gasteiger partial charge in [0.15, 0.2) is 5.82 Å². The number of aryl methyl sites for hydroxylation is 1. The summed E-state index contributed by atoms with van der Waals surface area (Å²) >= 11 is 0. The first-order chi connectivity index (χ1) is 27.8. The first-order valence-electron chi connectivity index (χ1n) is 19.7. The second-order valence-electron chi connectivity index (χ2n) is 16.3. The van der Waals surface area contributed by atoms with Crippen molar-refractivity contribution in [3.8, 4) is 22.8 Å². The molecule has 1 aliphatic carbocycles. The highest BCUT2D eigenvalue weighted by molar-refractivity contribution is 6.00. The third-order valence-corrected chi connectivity index (χ3v) is 12.7. The number of nitrogens with zero attached hydrogens (tertiary/aromatic N) is 7. The number of imidazole rings is 1. The van der Waals surface area contributed by atoms with Gasteiger partial charge in [0, 0.05) is 106 Å². The number of anilines is 2. The number of amides is 3. The van der Waals surface area contributed by atoms with Crippen molar-refractivity contribution in [3.63, 3.8) is 0 Å². The molecule has 58 heavy (non-hydrogen) atoms. The van der Waals surface area contributed by atoms with E-state index >= 15 is 0 Å². The van der Waals surface area contributed by atoms with Crippen LogP contribution in [0, 0.1) is 5.92 Å². The number of rotatable bonds is 7. The number of aromatic nitrogens is 5. The summed E-state index contributed by atoms with van der Waals surface area (Å²) in [6, 6.07) is 12.8. The highest BCUT2D eigenvalue weighted by atomic mass is 19.4. The van der Waals surface area contributed by atoms with Gasteiger partial charge in [-0.1, -0.05) is 0 Å². The van der Waals surface area contributed by atoms with Crippen molar-refractivity contribution in [2.75, 3.05) is 62.2 Å². The summed E-state index contributed by atoms with van der Waals surface area (Å²) in [5, 5.41) is 5.29. The van der Waals surface area contributed by atoms with Crippen molar-refractivity contribution in [3.05, 3.63) is 82.0 Å². The van der Waals surface area contributed by atoms with Gasteiger partial charge in [-0.3, -0.25) is 33.7 Å². The van der Waals surface area contributed by atoms with E-state index < -0.39 is 23.7 Å². The number of hydrogen-bond donors (Lipinski definition) is 3. The largest absolute Gasteiger partial charge is 0.418 e. The number of piperidine rings is 1. The molecule has 3 amide bonds. The second-order valence-corrected chi connectivity index (χ2v) is 16.3. The fraction of sp³-hybridized carbons (Fsp3) is 0.415. The van der Waals surface area contributed by atoms with Gasteiger partial charge in [-0.05, 0) is 67.8 Å². The summed E-state index contributed by atoms with van der Waals surface area (Å²) in [6.07, 6.45) is -0.657. The Morgan fingerprint density at radius 3 is 2.45 bits per heavy atom. The number of carbonyl (C=O) groups excluding carboxylic acids is 3. The molecular weight excluding hydrogens is 754 g/mol. The van der Waals surface area contributed by atoms with Crippen molar-refractivity contribution in [1.29, 1.82) is 0 Å². The Balaban J connectivity index is 0.787. The number of alkyl halides is 3. The molecule has 2 aromatic carbocycles. The van der Waals surface area contributed by atoms with Crippen LogP contribution in [0.1, 0.15) is 53.3 Å². The molecule has 5 aromatic rings. The summed E-state index contributed by atoms with van der Waals surface area (Å²) in [5.41, 5.74) is 4.21. The molecule has 4 fully saturated rings. The monoisotopic (exact) mass is 794 g/mol. The number of fused-ring (bicyclic) bond motifs is 3. The molecule has 7 heterocycles. The summed E-state index contributed by atoms with van der Waals surface area (Å²) in [4.78, 5) is 68.7. The van der Waals surface area contributed by atoms with Crippen LogP contribution in [0.2, 0.25) is 0 Å². The van der Waals surface area contributed by atoms with Crippen LogP contribution in [0.15, 0.2) is 59.5 Å². The first-order valence-corrected chi connectivity index (χ1v) is 19.7. The lowest BCUT2D eigenvalue weighted by Crippen LogP contribution is -2.55. The van der Waals surface area contributed by atoms with Gasteiger partial charge < -0.3 is 20.1 Å². The molecule has 10 rings (SSSR count). The summed E-state index contributed by atoms with van der Waals surface area (Å²) < 4.78 is 46.9. The number of imide groups is 1. The third kappa shape index (κ3) is 6.13. The van der Waals surface area contributed by atoms with Crippen LogP contribution in [-0.2, 0) is 28.2 Å². The Bertz CT molecular complexity index is 2580. The van der Waals surface area contributed by atoms with Crippen LogP contribution in [0.4, 0.5) is 24.5 Å². The van der Waals surface area contributed by atoms with Crippen molar-refractivity contribution in [2.45, 2.75) is 43.3 Å². The Morgan fingerprint density at radius 1 is 0.914 bits per heavy atom. The number of benzene rings is 2. The fourth-order valence-electron chi connectivity index (χ4n) is 9.24.